The van der Waals surface area contributed by atoms with Gasteiger partial charge in [-0.2, -0.15) is 5.26 Å². The highest BCUT2D eigenvalue weighted by molar-refractivity contribution is 7.89. The molecule has 7 nitrogen and oxygen atoms in total. The number of nitriles is 1. The van der Waals surface area contributed by atoms with Crippen molar-refractivity contribution in [3.63, 3.8) is 0 Å². The molecule has 0 aliphatic rings. The molecule has 19 heavy (non-hydrogen) atoms. The quantitative estimate of drug-likeness (QED) is 0.648. The number of nitrogens with one attached hydrogen (secondary N) is 1. The minimum atomic E-state index is -3.77. The summed E-state index contributed by atoms with van der Waals surface area (Å²) in [7, 11) is -3.77. The second-order valence-corrected chi connectivity index (χ2v) is 6.34. The molecule has 0 fully saturated rings. The van der Waals surface area contributed by atoms with E-state index in [2.05, 4.69) is 4.72 Å². The number of benzene rings is 1. The lowest BCUT2D eigenvalue weighted by Gasteiger charge is -2.15. The number of hydrogen-bond donors (Lipinski definition) is 1. The fourth-order valence-corrected chi connectivity index (χ4v) is 2.36. The minimum Gasteiger partial charge on any atom is -0.258 e. The average molecular weight is 283 g/mol. The fraction of sp³-hybridized carbons (Fsp3) is 0.364. The summed E-state index contributed by atoms with van der Waals surface area (Å²) in [4.78, 5) is 9.78. The Morgan fingerprint density at radius 3 is 2.32 bits per heavy atom. The predicted molar refractivity (Wildman–Crippen MR) is 67.7 cm³/mol. The Labute approximate surface area is 111 Å². The Morgan fingerprint density at radius 2 is 1.89 bits per heavy atom. The zero-order valence-electron chi connectivity index (χ0n) is 10.5. The second-order valence-electron chi connectivity index (χ2n) is 4.57. The van der Waals surface area contributed by atoms with Crippen LogP contribution in [0.1, 0.15) is 13.8 Å². The molecule has 0 aliphatic heterocycles. The maximum Gasteiger partial charge on any atom is 0.269 e. The van der Waals surface area contributed by atoms with Crippen LogP contribution in [0.4, 0.5) is 5.69 Å². The van der Waals surface area contributed by atoms with E-state index in [1.807, 2.05) is 6.07 Å². The SMILES string of the molecule is CC(C)(C#N)CNS(=O)(=O)c1ccc([N+](=O)[O-])cc1. The number of nitro benzene ring substituents is 1. The Morgan fingerprint density at radius 1 is 1.37 bits per heavy atom. The normalized spacial score (nSPS) is 11.8. The largest absolute Gasteiger partial charge is 0.269 e. The van der Waals surface area contributed by atoms with Crippen LogP contribution in [-0.2, 0) is 10.0 Å². The van der Waals surface area contributed by atoms with Crippen molar-refractivity contribution >= 4 is 15.7 Å². The van der Waals surface area contributed by atoms with Crippen LogP contribution in [0.5, 0.6) is 0 Å². The molecule has 1 N–H and O–H groups in total. The molecule has 1 aromatic carbocycles. The molecule has 0 saturated heterocycles. The molecule has 0 heterocycles. The van der Waals surface area contributed by atoms with E-state index in [-0.39, 0.29) is 17.1 Å². The van der Waals surface area contributed by atoms with Crippen LogP contribution in [0.3, 0.4) is 0 Å². The van der Waals surface area contributed by atoms with Crippen LogP contribution in [0.2, 0.25) is 0 Å². The fourth-order valence-electron chi connectivity index (χ4n) is 1.15. The molecule has 0 saturated carbocycles. The molecule has 0 spiro atoms. The molecule has 0 amide bonds. The standard InChI is InChI=1S/C11H13N3O4S/c1-11(2,7-12)8-13-19(17,18)10-5-3-9(4-6-10)14(15)16/h3-6,13H,8H2,1-2H3. The molecule has 0 atom stereocenters. The third-order valence-electron chi connectivity index (χ3n) is 2.36. The second kappa shape index (κ2) is 5.34. The van der Waals surface area contributed by atoms with E-state index >= 15 is 0 Å². The van der Waals surface area contributed by atoms with Crippen molar-refractivity contribution in [1.82, 2.24) is 4.72 Å². The number of non-ortho nitro benzene ring substituents is 1. The number of sulfonamides is 1. The predicted octanol–water partition coefficient (Wildman–Crippen LogP) is 1.42. The van der Waals surface area contributed by atoms with Gasteiger partial charge in [0.1, 0.15) is 0 Å². The zero-order valence-corrected chi connectivity index (χ0v) is 11.3. The van der Waals surface area contributed by atoms with E-state index in [1.54, 1.807) is 13.8 Å². The van der Waals surface area contributed by atoms with Crippen molar-refractivity contribution < 1.29 is 13.3 Å². The van der Waals surface area contributed by atoms with E-state index in [0.717, 1.165) is 24.3 Å². The van der Waals surface area contributed by atoms with Crippen molar-refractivity contribution in [2.45, 2.75) is 18.7 Å². The van der Waals surface area contributed by atoms with E-state index in [4.69, 9.17) is 5.26 Å². The number of rotatable bonds is 5. The van der Waals surface area contributed by atoms with Crippen molar-refractivity contribution in [3.05, 3.63) is 34.4 Å². The number of nitro groups is 1. The maximum atomic E-state index is 11.9. The first-order valence-corrected chi connectivity index (χ1v) is 6.82. The maximum absolute atomic E-state index is 11.9. The highest BCUT2D eigenvalue weighted by atomic mass is 32.2. The first-order valence-electron chi connectivity index (χ1n) is 5.33. The molecular weight excluding hydrogens is 270 g/mol. The molecule has 0 aromatic heterocycles. The van der Waals surface area contributed by atoms with Crippen LogP contribution < -0.4 is 4.72 Å². The summed E-state index contributed by atoms with van der Waals surface area (Å²) in [5.41, 5.74) is -1.01. The van der Waals surface area contributed by atoms with Gasteiger partial charge in [0.05, 0.1) is 21.3 Å². The molecule has 1 aromatic rings. The summed E-state index contributed by atoms with van der Waals surface area (Å²) in [5, 5.41) is 19.3. The summed E-state index contributed by atoms with van der Waals surface area (Å²) in [5.74, 6) is 0. The monoisotopic (exact) mass is 283 g/mol. The van der Waals surface area contributed by atoms with Gasteiger partial charge < -0.3 is 0 Å². The lowest BCUT2D eigenvalue weighted by Crippen LogP contribution is -2.33. The Balaban J connectivity index is 2.90. The molecule has 0 radical (unpaired) electrons. The molecule has 0 aliphatic carbocycles. The minimum absolute atomic E-state index is 0.0389. The van der Waals surface area contributed by atoms with Gasteiger partial charge in [-0.05, 0) is 26.0 Å². The summed E-state index contributed by atoms with van der Waals surface area (Å²) < 4.78 is 26.1. The molecular formula is C11H13N3O4S. The lowest BCUT2D eigenvalue weighted by molar-refractivity contribution is -0.384. The van der Waals surface area contributed by atoms with Crippen LogP contribution >= 0.6 is 0 Å². The van der Waals surface area contributed by atoms with Gasteiger partial charge in [-0.15, -0.1) is 0 Å². The highest BCUT2D eigenvalue weighted by Gasteiger charge is 2.22. The molecule has 1 rings (SSSR count). The zero-order chi connectivity index (χ0) is 14.7. The summed E-state index contributed by atoms with van der Waals surface area (Å²) in [6, 6.07) is 6.51. The smallest absolute Gasteiger partial charge is 0.258 e. The molecule has 8 heteroatoms. The van der Waals surface area contributed by atoms with Gasteiger partial charge >= 0.3 is 0 Å². The first-order chi connectivity index (χ1) is 8.68. The number of nitrogens with zero attached hydrogens (tertiary/aromatic N) is 2. The highest BCUT2D eigenvalue weighted by Crippen LogP contribution is 2.17. The van der Waals surface area contributed by atoms with Crippen molar-refractivity contribution in [3.8, 4) is 6.07 Å². The summed E-state index contributed by atoms with van der Waals surface area (Å²) in [6.45, 7) is 3.17. The molecule has 102 valence electrons. The van der Waals surface area contributed by atoms with Crippen LogP contribution in [0.15, 0.2) is 29.2 Å². The topological polar surface area (TPSA) is 113 Å². The lowest BCUT2D eigenvalue weighted by atomic mass is 9.97. The van der Waals surface area contributed by atoms with Gasteiger partial charge in [-0.25, -0.2) is 13.1 Å². The summed E-state index contributed by atoms with van der Waals surface area (Å²) in [6.07, 6.45) is 0. The van der Waals surface area contributed by atoms with E-state index in [9.17, 15) is 18.5 Å². The summed E-state index contributed by atoms with van der Waals surface area (Å²) >= 11 is 0. The van der Waals surface area contributed by atoms with Gasteiger partial charge in [0.15, 0.2) is 0 Å². The van der Waals surface area contributed by atoms with Crippen molar-refractivity contribution in [2.24, 2.45) is 5.41 Å². The molecule has 0 bridgehead atoms. The van der Waals surface area contributed by atoms with Crippen LogP contribution in [-0.4, -0.2) is 19.9 Å². The van der Waals surface area contributed by atoms with Gasteiger partial charge in [0.2, 0.25) is 10.0 Å². The van der Waals surface area contributed by atoms with Gasteiger partial charge in [-0.3, -0.25) is 10.1 Å². The van der Waals surface area contributed by atoms with Crippen LogP contribution in [0.25, 0.3) is 0 Å². The van der Waals surface area contributed by atoms with E-state index in [1.165, 1.54) is 0 Å². The third kappa shape index (κ3) is 4.01. The first kappa shape index (κ1) is 15.1. The van der Waals surface area contributed by atoms with Gasteiger partial charge in [-0.1, -0.05) is 0 Å². The Hall–Kier alpha value is -1.98. The van der Waals surface area contributed by atoms with Crippen LogP contribution in [0, 0.1) is 26.9 Å². The Kier molecular flexibility index (Phi) is 4.24. The number of hydrogen-bond acceptors (Lipinski definition) is 5. The van der Waals surface area contributed by atoms with E-state index < -0.39 is 20.4 Å². The van der Waals surface area contributed by atoms with Gasteiger partial charge in [0, 0.05) is 18.7 Å². The van der Waals surface area contributed by atoms with Crippen molar-refractivity contribution in [2.75, 3.05) is 6.54 Å². The van der Waals surface area contributed by atoms with E-state index in [0.29, 0.717) is 0 Å². The molecule has 0 unspecified atom stereocenters. The third-order valence-corrected chi connectivity index (χ3v) is 3.78. The van der Waals surface area contributed by atoms with Crippen molar-refractivity contribution in [1.29, 1.82) is 5.26 Å². The van der Waals surface area contributed by atoms with Gasteiger partial charge in [0.25, 0.3) is 5.69 Å². The Bertz CT molecular complexity index is 614. The average Bonchev–Trinajstić information content (AvgIpc) is 2.37.